The molecule has 0 radical (unpaired) electrons. The van der Waals surface area contributed by atoms with Gasteiger partial charge in [0.15, 0.2) is 6.10 Å². The van der Waals surface area contributed by atoms with Crippen molar-refractivity contribution in [3.05, 3.63) is 170 Å². The van der Waals surface area contributed by atoms with Crippen molar-refractivity contribution in [3.8, 4) is 0 Å². The molecule has 0 aromatic heterocycles. The van der Waals surface area contributed by atoms with Gasteiger partial charge in [-0.25, -0.2) is 9.13 Å². The van der Waals surface area contributed by atoms with E-state index in [1.54, 1.807) is 0 Å². The van der Waals surface area contributed by atoms with Gasteiger partial charge in [-0.2, -0.15) is 0 Å². The number of aliphatic hydroxyl groups excluding tert-OH is 2. The summed E-state index contributed by atoms with van der Waals surface area (Å²) in [6.45, 7) is 2.49. The van der Waals surface area contributed by atoms with Crippen molar-refractivity contribution >= 4 is 33.6 Å². The van der Waals surface area contributed by atoms with Crippen LogP contribution in [-0.4, -0.2) is 95.9 Å². The molecule has 670 valence electrons. The lowest BCUT2D eigenvalue weighted by atomic mass is 10.0. The summed E-state index contributed by atoms with van der Waals surface area (Å²) in [5.74, 6) is -1.63. The molecule has 0 rings (SSSR count). The maximum atomic E-state index is 13.0. The molecule has 117 heavy (non-hydrogen) atoms. The molecule has 0 saturated carbocycles. The van der Waals surface area contributed by atoms with Gasteiger partial charge in [-0.3, -0.25) is 32.5 Å². The molecule has 0 aromatic rings. The molecular formula is C99H168O16P2. The van der Waals surface area contributed by atoms with Crippen molar-refractivity contribution in [1.29, 1.82) is 0 Å². The Balaban J connectivity index is 4.59. The molecule has 0 aromatic carbocycles. The predicted octanol–water partition coefficient (Wildman–Crippen LogP) is 28.7. The molecule has 5 atom stereocenters. The minimum absolute atomic E-state index is 0.0441. The van der Waals surface area contributed by atoms with Crippen LogP contribution >= 0.6 is 15.6 Å². The van der Waals surface area contributed by atoms with Crippen molar-refractivity contribution in [2.24, 2.45) is 0 Å². The third kappa shape index (κ3) is 91.5. The van der Waals surface area contributed by atoms with Gasteiger partial charge < -0.3 is 34.2 Å². The number of unbranched alkanes of at least 4 members (excludes halogenated alkanes) is 36. The van der Waals surface area contributed by atoms with Crippen LogP contribution in [0.1, 0.15) is 380 Å². The van der Waals surface area contributed by atoms with Crippen molar-refractivity contribution in [2.45, 2.75) is 399 Å². The maximum absolute atomic E-state index is 13.0. The summed E-state index contributed by atoms with van der Waals surface area (Å²) in [4.78, 5) is 59.0. The molecule has 16 nitrogen and oxygen atoms in total. The number of hydrogen-bond donors (Lipinski definition) is 4. The van der Waals surface area contributed by atoms with Gasteiger partial charge in [0, 0.05) is 19.3 Å². The van der Waals surface area contributed by atoms with Crippen LogP contribution in [-0.2, 0) is 55.8 Å². The van der Waals surface area contributed by atoms with Gasteiger partial charge in [-0.1, -0.05) is 371 Å². The molecule has 0 heterocycles. The van der Waals surface area contributed by atoms with Gasteiger partial charge in [-0.15, -0.1) is 0 Å². The van der Waals surface area contributed by atoms with Gasteiger partial charge in [-0.05, 0) is 161 Å². The van der Waals surface area contributed by atoms with E-state index in [1.165, 1.54) is 180 Å². The summed E-state index contributed by atoms with van der Waals surface area (Å²) in [6, 6.07) is 0. The van der Waals surface area contributed by atoms with E-state index < -0.39 is 91.5 Å². The molecule has 0 fully saturated rings. The SMILES string of the molecule is CC/C=C\C/C=C\C/C=C\C/C=C\C/C=C\C/C=C\CCCCC(=O)OC(COC(=O)CCCCCCCCCCCCC/C=C\C/C=C\C/C=C\C/C=C\CCCCC)COP(=O)(O)OCC(O)COP(=O)(O)OCC(O)COC(=O)CCCCCCCCCCCCCCCCCCC/C=C\C/C=C\C/C=C\C/C=C\CCCCC. The van der Waals surface area contributed by atoms with Crippen LogP contribution in [0.5, 0.6) is 0 Å². The van der Waals surface area contributed by atoms with E-state index in [4.69, 9.17) is 32.3 Å². The standard InChI is InChI=1S/C99H168O16P2/c1-4-7-10-13-16-19-22-25-28-31-34-37-39-41-43-44-45-46-47-48-50-52-53-56-58-61-64-67-70-73-76-79-82-85-97(102)109-88-94(100)89-111-116(105,106)112-90-95(101)91-113-117(107,108)114-93-96(115-99(104)87-84-81-78-75-72-69-66-63-60-55-36-33-30-27-24-21-18-15-12-9-6-3)92-110-98(103)86-83-80-77-74-71-68-65-62-59-57-54-51-49-42-40-38-35-32-29-26-23-20-17-14-11-8-5-2/h9,12,16-21,25-30,34-38,41-43,49,55,63,66,72,75,94-96,100-101H,4-8,10-11,13-15,22-24,31-33,39-40,44-48,50-54,56-62,64-65,67-71,73-74,76-93H2,1-3H3,(H,105,106)(H,107,108)/b12-9-,19-16-,20-17-,21-18-,28-25-,29-26-,30-27-,37-34-,38-35-,43-41-,49-42-,55-36-,66-63-,75-72-. The van der Waals surface area contributed by atoms with Crippen molar-refractivity contribution < 1.29 is 75.8 Å². The lowest BCUT2D eigenvalue weighted by Gasteiger charge is -2.21. The summed E-state index contributed by atoms with van der Waals surface area (Å²) in [5, 5.41) is 20.7. The molecule has 0 amide bonds. The van der Waals surface area contributed by atoms with E-state index in [9.17, 15) is 43.5 Å². The number of carbonyl (C=O) groups is 3. The Labute approximate surface area is 713 Å². The monoisotopic (exact) mass is 1680 g/mol. The molecule has 5 unspecified atom stereocenters. The first-order valence-corrected chi connectivity index (χ1v) is 49.4. The summed E-state index contributed by atoms with van der Waals surface area (Å²) in [6.07, 6.45) is 117. The Bertz CT molecular complexity index is 2810. The van der Waals surface area contributed by atoms with Crippen molar-refractivity contribution in [2.75, 3.05) is 39.6 Å². The van der Waals surface area contributed by atoms with Gasteiger partial charge in [0.05, 0.1) is 26.4 Å². The fraction of sp³-hybridized carbons (Fsp3) is 0.687. The number of carbonyl (C=O) groups excluding carboxylic acids is 3. The van der Waals surface area contributed by atoms with Crippen molar-refractivity contribution in [1.82, 2.24) is 0 Å². The molecule has 0 bridgehead atoms. The van der Waals surface area contributed by atoms with Crippen LogP contribution in [0, 0.1) is 0 Å². The fourth-order valence-corrected chi connectivity index (χ4v) is 14.0. The second-order valence-electron chi connectivity index (χ2n) is 30.7. The van der Waals surface area contributed by atoms with Crippen LogP contribution in [0.4, 0.5) is 0 Å². The first kappa shape index (κ1) is 112. The lowest BCUT2D eigenvalue weighted by molar-refractivity contribution is -0.161. The number of phosphoric ester groups is 2. The van der Waals surface area contributed by atoms with E-state index in [2.05, 4.69) is 191 Å². The van der Waals surface area contributed by atoms with E-state index >= 15 is 0 Å². The van der Waals surface area contributed by atoms with Crippen LogP contribution in [0.2, 0.25) is 0 Å². The molecule has 4 N–H and O–H groups in total. The Kier molecular flexibility index (Phi) is 86.2. The molecule has 0 saturated heterocycles. The Morgan fingerprint density at radius 2 is 0.453 bits per heavy atom. The zero-order chi connectivity index (χ0) is 85.1. The van der Waals surface area contributed by atoms with Gasteiger partial charge in [0.2, 0.25) is 0 Å². The Hall–Kier alpha value is -5.09. The van der Waals surface area contributed by atoms with E-state index in [0.717, 1.165) is 135 Å². The summed E-state index contributed by atoms with van der Waals surface area (Å²) < 4.78 is 61.4. The third-order valence-corrected chi connectivity index (χ3v) is 21.3. The largest absolute Gasteiger partial charge is 0.472 e. The van der Waals surface area contributed by atoms with E-state index in [1.807, 2.05) is 0 Å². The molecule has 0 spiro atoms. The molecule has 0 aliphatic carbocycles. The minimum Gasteiger partial charge on any atom is -0.463 e. The quantitative estimate of drug-likeness (QED) is 0.0146. The normalized spacial score (nSPS) is 14.6. The topological polar surface area (TPSA) is 231 Å². The van der Waals surface area contributed by atoms with Crippen LogP contribution < -0.4 is 0 Å². The third-order valence-electron chi connectivity index (χ3n) is 19.4. The first-order valence-electron chi connectivity index (χ1n) is 46.4. The van der Waals surface area contributed by atoms with Crippen molar-refractivity contribution in [3.63, 3.8) is 0 Å². The van der Waals surface area contributed by atoms with Gasteiger partial charge >= 0.3 is 33.6 Å². The highest BCUT2D eigenvalue weighted by molar-refractivity contribution is 7.47. The summed E-state index contributed by atoms with van der Waals surface area (Å²) >= 11 is 0. The number of allylic oxidation sites excluding steroid dienone is 28. The maximum Gasteiger partial charge on any atom is 0.472 e. The smallest absolute Gasteiger partial charge is 0.463 e. The fourth-order valence-electron chi connectivity index (χ4n) is 12.4. The summed E-state index contributed by atoms with van der Waals surface area (Å²) in [5.41, 5.74) is 0. The summed E-state index contributed by atoms with van der Waals surface area (Å²) in [7, 11) is -9.83. The Morgan fingerprint density at radius 1 is 0.248 bits per heavy atom. The van der Waals surface area contributed by atoms with Crippen LogP contribution in [0.25, 0.3) is 0 Å². The number of esters is 3. The van der Waals surface area contributed by atoms with E-state index in [0.29, 0.717) is 25.7 Å². The van der Waals surface area contributed by atoms with Crippen LogP contribution in [0.3, 0.4) is 0 Å². The zero-order valence-electron chi connectivity index (χ0n) is 73.8. The minimum atomic E-state index is -4.96. The molecule has 0 aliphatic heterocycles. The number of phosphoric acid groups is 2. The van der Waals surface area contributed by atoms with Gasteiger partial charge in [0.25, 0.3) is 0 Å². The number of rotatable bonds is 87. The highest BCUT2D eigenvalue weighted by Crippen LogP contribution is 2.45. The van der Waals surface area contributed by atoms with Crippen LogP contribution in [0.15, 0.2) is 170 Å². The number of hydrogen-bond acceptors (Lipinski definition) is 14. The average Bonchev–Trinajstić information content (AvgIpc) is 0.954. The molecule has 18 heteroatoms. The zero-order valence-corrected chi connectivity index (χ0v) is 75.6. The molecular weight excluding hydrogens is 1510 g/mol. The lowest BCUT2D eigenvalue weighted by Crippen LogP contribution is -2.30. The van der Waals surface area contributed by atoms with E-state index in [-0.39, 0.29) is 19.3 Å². The second-order valence-corrected chi connectivity index (χ2v) is 33.6. The first-order chi connectivity index (χ1) is 57.2. The van der Waals surface area contributed by atoms with Gasteiger partial charge in [0.1, 0.15) is 25.4 Å². The molecule has 0 aliphatic rings. The highest BCUT2D eigenvalue weighted by Gasteiger charge is 2.29. The Morgan fingerprint density at radius 3 is 0.735 bits per heavy atom. The second kappa shape index (κ2) is 90.2. The predicted molar refractivity (Wildman–Crippen MR) is 491 cm³/mol. The number of aliphatic hydroxyl groups is 2. The highest BCUT2D eigenvalue weighted by atomic mass is 31.2. The number of ether oxygens (including phenoxy) is 3. The average molecular weight is 1680 g/mol.